The number of carbonyl (C=O) groups is 4. The van der Waals surface area contributed by atoms with Crippen molar-refractivity contribution in [3.63, 3.8) is 0 Å². The summed E-state index contributed by atoms with van der Waals surface area (Å²) in [7, 11) is 3.93. The monoisotopic (exact) mass is 250 g/mol. The van der Waals surface area contributed by atoms with Crippen LogP contribution in [0.4, 0.5) is 0 Å². The SMILES string of the molecule is COC(=O)CCC(C)=O.COC=O.COC=O. The molecule has 7 nitrogen and oxygen atoms in total. The number of hydrogen-bond donors (Lipinski definition) is 0. The summed E-state index contributed by atoms with van der Waals surface area (Å²) in [5.74, 6) is -0.314. The minimum Gasteiger partial charge on any atom is -0.471 e. The second-order valence-electron chi connectivity index (χ2n) is 2.44. The molecule has 7 heteroatoms. The van der Waals surface area contributed by atoms with Crippen LogP contribution in [0.3, 0.4) is 0 Å². The van der Waals surface area contributed by atoms with E-state index in [2.05, 4.69) is 14.2 Å². The molecule has 0 heterocycles. The highest BCUT2D eigenvalue weighted by atomic mass is 16.5. The van der Waals surface area contributed by atoms with E-state index >= 15 is 0 Å². The summed E-state index contributed by atoms with van der Waals surface area (Å²) in [6.45, 7) is 2.20. The topological polar surface area (TPSA) is 96.0 Å². The second-order valence-corrected chi connectivity index (χ2v) is 2.44. The van der Waals surface area contributed by atoms with Gasteiger partial charge in [0.05, 0.1) is 27.8 Å². The van der Waals surface area contributed by atoms with Gasteiger partial charge in [0.15, 0.2) is 0 Å². The van der Waals surface area contributed by atoms with Crippen LogP contribution in [-0.2, 0) is 33.4 Å². The van der Waals surface area contributed by atoms with E-state index in [1.54, 1.807) is 0 Å². The third kappa shape index (κ3) is 41.0. The molecule has 100 valence electrons. The summed E-state index contributed by atoms with van der Waals surface area (Å²) in [6.07, 6.45) is 0.485. The third-order valence-electron chi connectivity index (χ3n) is 1.10. The van der Waals surface area contributed by atoms with E-state index < -0.39 is 0 Å². The minimum absolute atomic E-state index is 0.0143. The third-order valence-corrected chi connectivity index (χ3v) is 1.10. The number of Topliss-reactive ketones (excluding diaryl/α,β-unsaturated/α-hetero) is 1. The first-order chi connectivity index (χ1) is 7.99. The van der Waals surface area contributed by atoms with Gasteiger partial charge >= 0.3 is 5.97 Å². The summed E-state index contributed by atoms with van der Waals surface area (Å²) in [4.78, 5) is 38.5. The lowest BCUT2D eigenvalue weighted by molar-refractivity contribution is -0.141. The van der Waals surface area contributed by atoms with Crippen molar-refractivity contribution < 1.29 is 33.4 Å². The van der Waals surface area contributed by atoms with Gasteiger partial charge in [-0.3, -0.25) is 14.4 Å². The molecule has 0 spiro atoms. The Morgan fingerprint density at radius 1 is 0.941 bits per heavy atom. The number of ether oxygens (including phenoxy) is 3. The molecule has 0 aromatic heterocycles. The minimum atomic E-state index is -0.329. The van der Waals surface area contributed by atoms with Crippen LogP contribution >= 0.6 is 0 Å². The van der Waals surface area contributed by atoms with Crippen LogP contribution in [0.15, 0.2) is 0 Å². The van der Waals surface area contributed by atoms with E-state index in [9.17, 15) is 9.59 Å². The molecule has 0 unspecified atom stereocenters. The summed E-state index contributed by atoms with van der Waals surface area (Å²) < 4.78 is 12.0. The molecule has 0 aliphatic heterocycles. The van der Waals surface area contributed by atoms with Crippen LogP contribution in [0, 0.1) is 0 Å². The lowest BCUT2D eigenvalue weighted by Gasteiger charge is -1.93. The quantitative estimate of drug-likeness (QED) is 0.388. The van der Waals surface area contributed by atoms with E-state index in [4.69, 9.17) is 9.59 Å². The zero-order valence-corrected chi connectivity index (χ0v) is 10.4. The maximum absolute atomic E-state index is 10.3. The van der Waals surface area contributed by atoms with Crippen LogP contribution in [0.25, 0.3) is 0 Å². The van der Waals surface area contributed by atoms with Crippen LogP contribution < -0.4 is 0 Å². The van der Waals surface area contributed by atoms with Crippen molar-refractivity contribution in [3.8, 4) is 0 Å². The predicted octanol–water partition coefficient (Wildman–Crippen LogP) is 0.107. The Labute approximate surface area is 100 Å². The van der Waals surface area contributed by atoms with Gasteiger partial charge in [0.25, 0.3) is 12.9 Å². The van der Waals surface area contributed by atoms with E-state index in [1.807, 2.05) is 0 Å². The Hall–Kier alpha value is -1.92. The Morgan fingerprint density at radius 3 is 1.47 bits per heavy atom. The standard InChI is InChI=1S/C6H10O3.2C2H4O2/c1-5(7)3-4-6(8)9-2;2*1-4-2-3/h3-4H2,1-2H3;2*2H,1H3. The van der Waals surface area contributed by atoms with Gasteiger partial charge in [0, 0.05) is 6.42 Å². The first-order valence-electron chi connectivity index (χ1n) is 4.49. The molecule has 0 aliphatic rings. The first-order valence-corrected chi connectivity index (χ1v) is 4.49. The van der Waals surface area contributed by atoms with Crippen molar-refractivity contribution >= 4 is 24.7 Å². The fraction of sp³-hybridized carbons (Fsp3) is 0.600. The highest BCUT2D eigenvalue weighted by molar-refractivity contribution is 5.80. The molecular weight excluding hydrogens is 232 g/mol. The van der Waals surface area contributed by atoms with E-state index in [0.29, 0.717) is 12.9 Å². The fourth-order valence-corrected chi connectivity index (χ4v) is 0.380. The zero-order chi connectivity index (χ0) is 14.1. The molecule has 0 atom stereocenters. The number of esters is 1. The highest BCUT2D eigenvalue weighted by Crippen LogP contribution is 1.91. The fourth-order valence-electron chi connectivity index (χ4n) is 0.380. The largest absolute Gasteiger partial charge is 0.471 e. The molecule has 0 rings (SSSR count). The normalized spacial score (nSPS) is 7.06. The van der Waals surface area contributed by atoms with Crippen molar-refractivity contribution in [2.75, 3.05) is 21.3 Å². The van der Waals surface area contributed by atoms with Crippen molar-refractivity contribution in [1.29, 1.82) is 0 Å². The molecule has 0 aliphatic carbocycles. The molecule has 0 saturated heterocycles. The van der Waals surface area contributed by atoms with Gasteiger partial charge in [0.2, 0.25) is 0 Å². The van der Waals surface area contributed by atoms with Gasteiger partial charge < -0.3 is 19.0 Å². The second kappa shape index (κ2) is 19.6. The average Bonchev–Trinajstić information content (AvgIpc) is 2.36. The van der Waals surface area contributed by atoms with Crippen molar-refractivity contribution in [2.45, 2.75) is 19.8 Å². The first kappa shape index (κ1) is 20.5. The zero-order valence-electron chi connectivity index (χ0n) is 10.4. The van der Waals surface area contributed by atoms with Crippen molar-refractivity contribution in [2.24, 2.45) is 0 Å². The Bertz CT molecular complexity index is 205. The van der Waals surface area contributed by atoms with Crippen molar-refractivity contribution in [1.82, 2.24) is 0 Å². The molecule has 0 aromatic carbocycles. The molecular formula is C10H18O7. The number of ketones is 1. The number of methoxy groups -OCH3 is 3. The Kier molecular flexibility index (Phi) is 23.6. The molecule has 0 radical (unpaired) electrons. The summed E-state index contributed by atoms with van der Waals surface area (Å²) in [5, 5.41) is 0. The molecule has 0 bridgehead atoms. The molecule has 0 amide bonds. The van der Waals surface area contributed by atoms with Gasteiger partial charge in [-0.25, -0.2) is 0 Å². The van der Waals surface area contributed by atoms with Crippen LogP contribution in [0.1, 0.15) is 19.8 Å². The number of rotatable bonds is 5. The van der Waals surface area contributed by atoms with Gasteiger partial charge in [-0.2, -0.15) is 0 Å². The van der Waals surface area contributed by atoms with E-state index in [1.165, 1.54) is 28.3 Å². The van der Waals surface area contributed by atoms with E-state index in [0.717, 1.165) is 0 Å². The molecule has 17 heavy (non-hydrogen) atoms. The summed E-state index contributed by atoms with van der Waals surface area (Å²) in [6, 6.07) is 0. The lowest BCUT2D eigenvalue weighted by atomic mass is 10.2. The summed E-state index contributed by atoms with van der Waals surface area (Å²) in [5.41, 5.74) is 0. The Balaban J connectivity index is -0.000000205. The molecule has 0 fully saturated rings. The van der Waals surface area contributed by atoms with Crippen LogP contribution in [0.2, 0.25) is 0 Å². The van der Waals surface area contributed by atoms with E-state index in [-0.39, 0.29) is 24.6 Å². The predicted molar refractivity (Wildman–Crippen MR) is 58.1 cm³/mol. The Morgan fingerprint density at radius 2 is 1.29 bits per heavy atom. The highest BCUT2D eigenvalue weighted by Gasteiger charge is 2.00. The molecule has 0 saturated carbocycles. The van der Waals surface area contributed by atoms with Crippen LogP contribution in [-0.4, -0.2) is 46.0 Å². The van der Waals surface area contributed by atoms with Gasteiger partial charge in [-0.15, -0.1) is 0 Å². The van der Waals surface area contributed by atoms with Gasteiger partial charge in [-0.05, 0) is 6.92 Å². The average molecular weight is 250 g/mol. The van der Waals surface area contributed by atoms with Gasteiger partial charge in [0.1, 0.15) is 5.78 Å². The molecule has 0 N–H and O–H groups in total. The lowest BCUT2D eigenvalue weighted by Crippen LogP contribution is -2.02. The number of hydrogen-bond acceptors (Lipinski definition) is 7. The maximum Gasteiger partial charge on any atom is 0.305 e. The number of carbonyl (C=O) groups excluding carboxylic acids is 4. The van der Waals surface area contributed by atoms with Gasteiger partial charge in [-0.1, -0.05) is 0 Å². The summed E-state index contributed by atoms with van der Waals surface area (Å²) >= 11 is 0. The van der Waals surface area contributed by atoms with Crippen LogP contribution in [0.5, 0.6) is 0 Å². The van der Waals surface area contributed by atoms with Crippen molar-refractivity contribution in [3.05, 3.63) is 0 Å². The molecule has 0 aromatic rings. The smallest absolute Gasteiger partial charge is 0.305 e. The maximum atomic E-state index is 10.3.